The first-order chi connectivity index (χ1) is 12.1. The fraction of sp³-hybridized carbons (Fsp3) is 0.235. The summed E-state index contributed by atoms with van der Waals surface area (Å²) in [6.45, 7) is 1.72. The van der Waals surface area contributed by atoms with Crippen LogP contribution in [0.1, 0.15) is 12.5 Å². The molecule has 140 valence electrons. The van der Waals surface area contributed by atoms with E-state index in [-0.39, 0.29) is 17.3 Å². The lowest BCUT2D eigenvalue weighted by atomic mass is 10.2. The van der Waals surface area contributed by atoms with Gasteiger partial charge in [0.1, 0.15) is 6.04 Å². The lowest BCUT2D eigenvalue weighted by Crippen LogP contribution is -2.47. The molecule has 0 aliphatic heterocycles. The zero-order valence-electron chi connectivity index (χ0n) is 14.0. The third kappa shape index (κ3) is 5.27. The maximum absolute atomic E-state index is 12.5. The lowest BCUT2D eigenvalue weighted by Gasteiger charge is -2.29. The number of amides is 1. The van der Waals surface area contributed by atoms with Gasteiger partial charge in [-0.2, -0.15) is 0 Å². The van der Waals surface area contributed by atoms with Crippen molar-refractivity contribution < 1.29 is 13.2 Å². The van der Waals surface area contributed by atoms with Crippen LogP contribution in [0.3, 0.4) is 0 Å². The molecule has 0 saturated carbocycles. The molecule has 0 aliphatic carbocycles. The fourth-order valence-corrected chi connectivity index (χ4v) is 4.10. The molecule has 1 atom stereocenters. The summed E-state index contributed by atoms with van der Waals surface area (Å²) >= 11 is 17.9. The average Bonchev–Trinajstić information content (AvgIpc) is 2.56. The zero-order valence-corrected chi connectivity index (χ0v) is 17.1. The smallest absolute Gasteiger partial charge is 0.243 e. The number of benzene rings is 2. The predicted octanol–water partition coefficient (Wildman–Crippen LogP) is 4.12. The van der Waals surface area contributed by atoms with Crippen LogP contribution in [0, 0.1) is 0 Å². The summed E-state index contributed by atoms with van der Waals surface area (Å²) in [5.74, 6) is -0.471. The van der Waals surface area contributed by atoms with Crippen LogP contribution in [0.25, 0.3) is 0 Å². The van der Waals surface area contributed by atoms with E-state index in [0.29, 0.717) is 10.0 Å². The molecule has 1 amide bonds. The molecule has 0 aliphatic rings. The van der Waals surface area contributed by atoms with Crippen LogP contribution in [0.4, 0.5) is 5.69 Å². The summed E-state index contributed by atoms with van der Waals surface area (Å²) in [6, 6.07) is 10.4. The van der Waals surface area contributed by atoms with Crippen molar-refractivity contribution in [1.29, 1.82) is 0 Å². The number of hydrogen-bond donors (Lipinski definition) is 1. The summed E-state index contributed by atoms with van der Waals surface area (Å²) < 4.78 is 25.5. The normalized spacial score (nSPS) is 12.5. The Morgan fingerprint density at radius 1 is 1.08 bits per heavy atom. The molecular weight excluding hydrogens is 419 g/mol. The van der Waals surface area contributed by atoms with Gasteiger partial charge in [-0.05, 0) is 42.8 Å². The van der Waals surface area contributed by atoms with E-state index < -0.39 is 22.0 Å². The number of hydrogen-bond acceptors (Lipinski definition) is 3. The molecule has 2 aromatic carbocycles. The van der Waals surface area contributed by atoms with E-state index in [1.165, 1.54) is 19.1 Å². The van der Waals surface area contributed by atoms with E-state index in [4.69, 9.17) is 34.8 Å². The second kappa shape index (κ2) is 8.48. The van der Waals surface area contributed by atoms with E-state index in [2.05, 4.69) is 5.32 Å². The summed E-state index contributed by atoms with van der Waals surface area (Å²) in [6.07, 6.45) is 1.01. The van der Waals surface area contributed by atoms with Gasteiger partial charge in [-0.3, -0.25) is 9.10 Å². The number of sulfonamides is 1. The second-order valence-corrected chi connectivity index (χ2v) is 8.81. The van der Waals surface area contributed by atoms with Crippen molar-refractivity contribution in [1.82, 2.24) is 5.32 Å². The van der Waals surface area contributed by atoms with E-state index >= 15 is 0 Å². The van der Waals surface area contributed by atoms with E-state index in [9.17, 15) is 13.2 Å². The molecule has 0 aromatic heterocycles. The van der Waals surface area contributed by atoms with Gasteiger partial charge in [0.05, 0.1) is 17.0 Å². The van der Waals surface area contributed by atoms with Crippen LogP contribution in [-0.4, -0.2) is 26.6 Å². The molecule has 0 radical (unpaired) electrons. The molecule has 9 heteroatoms. The Balaban J connectivity index is 2.23. The molecule has 2 aromatic rings. The Labute approximate surface area is 167 Å². The number of nitrogens with one attached hydrogen (secondary N) is 1. The molecule has 0 fully saturated rings. The highest BCUT2D eigenvalue weighted by Gasteiger charge is 2.30. The van der Waals surface area contributed by atoms with Crippen molar-refractivity contribution in [2.24, 2.45) is 0 Å². The van der Waals surface area contributed by atoms with Crippen molar-refractivity contribution in [2.45, 2.75) is 19.5 Å². The molecule has 0 spiro atoms. The van der Waals surface area contributed by atoms with Gasteiger partial charge < -0.3 is 5.32 Å². The topological polar surface area (TPSA) is 66.5 Å². The van der Waals surface area contributed by atoms with Crippen LogP contribution in [0.2, 0.25) is 15.1 Å². The highest BCUT2D eigenvalue weighted by atomic mass is 35.5. The van der Waals surface area contributed by atoms with Crippen molar-refractivity contribution in [3.63, 3.8) is 0 Å². The Morgan fingerprint density at radius 2 is 1.65 bits per heavy atom. The molecule has 0 saturated heterocycles. The van der Waals surface area contributed by atoms with Gasteiger partial charge in [0.2, 0.25) is 15.9 Å². The standard InChI is InChI=1S/C17H17Cl3N2O3S/c1-11(17(23)21-10-12-3-5-13(18)6-4-12)22(26(2,24)25)16-9-14(19)7-8-15(16)20/h3-9,11H,10H2,1-2H3,(H,21,23)/t11-/m0/s1. The fourth-order valence-electron chi connectivity index (χ4n) is 2.37. The molecule has 0 heterocycles. The van der Waals surface area contributed by atoms with Gasteiger partial charge in [-0.1, -0.05) is 46.9 Å². The first kappa shape index (κ1) is 20.8. The highest BCUT2D eigenvalue weighted by Crippen LogP contribution is 2.32. The maximum Gasteiger partial charge on any atom is 0.243 e. The molecule has 26 heavy (non-hydrogen) atoms. The quantitative estimate of drug-likeness (QED) is 0.742. The third-order valence-corrected chi connectivity index (χ3v) is 5.65. The summed E-state index contributed by atoms with van der Waals surface area (Å²) in [5, 5.41) is 3.79. The lowest BCUT2D eigenvalue weighted by molar-refractivity contribution is -0.122. The SMILES string of the molecule is C[C@@H](C(=O)NCc1ccc(Cl)cc1)N(c1cc(Cl)ccc1Cl)S(C)(=O)=O. The second-order valence-electron chi connectivity index (χ2n) is 5.67. The van der Waals surface area contributed by atoms with Gasteiger partial charge in [-0.15, -0.1) is 0 Å². The summed E-state index contributed by atoms with van der Waals surface area (Å²) in [7, 11) is -3.78. The molecule has 1 N–H and O–H groups in total. The zero-order chi connectivity index (χ0) is 19.5. The van der Waals surface area contributed by atoms with Gasteiger partial charge in [0.25, 0.3) is 0 Å². The van der Waals surface area contributed by atoms with Crippen LogP contribution >= 0.6 is 34.8 Å². The largest absolute Gasteiger partial charge is 0.350 e. The van der Waals surface area contributed by atoms with Gasteiger partial charge in [0.15, 0.2) is 0 Å². The van der Waals surface area contributed by atoms with Crippen LogP contribution in [-0.2, 0) is 21.4 Å². The van der Waals surface area contributed by atoms with Crippen molar-refractivity contribution in [3.8, 4) is 0 Å². The van der Waals surface area contributed by atoms with Crippen LogP contribution < -0.4 is 9.62 Å². The van der Waals surface area contributed by atoms with E-state index in [0.717, 1.165) is 16.1 Å². The minimum Gasteiger partial charge on any atom is -0.350 e. The number of anilines is 1. The number of carbonyl (C=O) groups is 1. The minimum absolute atomic E-state index is 0.149. The first-order valence-electron chi connectivity index (χ1n) is 7.56. The molecule has 0 unspecified atom stereocenters. The Kier molecular flexibility index (Phi) is 6.80. The van der Waals surface area contributed by atoms with Gasteiger partial charge in [0, 0.05) is 16.6 Å². The first-order valence-corrected chi connectivity index (χ1v) is 10.5. The third-order valence-electron chi connectivity index (χ3n) is 3.61. The van der Waals surface area contributed by atoms with Gasteiger partial charge in [-0.25, -0.2) is 8.42 Å². The van der Waals surface area contributed by atoms with Crippen LogP contribution in [0.15, 0.2) is 42.5 Å². The van der Waals surface area contributed by atoms with Crippen molar-refractivity contribution in [2.75, 3.05) is 10.6 Å². The summed E-state index contributed by atoms with van der Waals surface area (Å²) in [5.41, 5.74) is 0.984. The molecular formula is C17H17Cl3N2O3S. The molecule has 5 nitrogen and oxygen atoms in total. The van der Waals surface area contributed by atoms with Gasteiger partial charge >= 0.3 is 0 Å². The summed E-state index contributed by atoms with van der Waals surface area (Å²) in [4.78, 5) is 12.5. The molecule has 2 rings (SSSR count). The average molecular weight is 436 g/mol. The monoisotopic (exact) mass is 434 g/mol. The molecule has 0 bridgehead atoms. The number of carbonyl (C=O) groups excluding carboxylic acids is 1. The Bertz CT molecular complexity index is 902. The van der Waals surface area contributed by atoms with Crippen molar-refractivity contribution in [3.05, 3.63) is 63.1 Å². The number of rotatable bonds is 6. The minimum atomic E-state index is -3.78. The Hall–Kier alpha value is -1.47. The Morgan fingerprint density at radius 3 is 2.23 bits per heavy atom. The maximum atomic E-state index is 12.5. The van der Waals surface area contributed by atoms with Crippen LogP contribution in [0.5, 0.6) is 0 Å². The number of halogens is 3. The predicted molar refractivity (Wildman–Crippen MR) is 107 cm³/mol. The van der Waals surface area contributed by atoms with E-state index in [1.807, 2.05) is 0 Å². The number of nitrogens with zero attached hydrogens (tertiary/aromatic N) is 1. The highest BCUT2D eigenvalue weighted by molar-refractivity contribution is 7.92. The van der Waals surface area contributed by atoms with E-state index in [1.54, 1.807) is 30.3 Å². The van der Waals surface area contributed by atoms with Crippen molar-refractivity contribution >= 4 is 56.4 Å².